The van der Waals surface area contributed by atoms with Crippen LogP contribution in [0.25, 0.3) is 0 Å². The van der Waals surface area contributed by atoms with Gasteiger partial charge in [0.1, 0.15) is 6.54 Å². The number of hydrogen-bond donors (Lipinski definition) is 3. The topological polar surface area (TPSA) is 96.2 Å². The quantitative estimate of drug-likeness (QED) is 0.602. The molecule has 1 fully saturated rings. The molecule has 3 rings (SSSR count). The van der Waals surface area contributed by atoms with Gasteiger partial charge in [-0.15, -0.1) is 0 Å². The summed E-state index contributed by atoms with van der Waals surface area (Å²) >= 11 is 1.24. The summed E-state index contributed by atoms with van der Waals surface area (Å²) in [5, 5.41) is 15.9. The van der Waals surface area contributed by atoms with E-state index in [9.17, 15) is 14.7 Å². The number of para-hydroxylation sites is 1. The van der Waals surface area contributed by atoms with Crippen LogP contribution < -0.4 is 10.6 Å². The average molecular weight is 388 g/mol. The Hall–Kier alpha value is -2.32. The van der Waals surface area contributed by atoms with E-state index in [1.807, 2.05) is 30.3 Å². The van der Waals surface area contributed by atoms with Crippen molar-refractivity contribution in [3.63, 3.8) is 0 Å². The van der Waals surface area contributed by atoms with Crippen molar-refractivity contribution >= 4 is 29.3 Å². The molecule has 1 saturated carbocycles. The molecule has 0 radical (unpaired) electrons. The highest BCUT2D eigenvalue weighted by Crippen LogP contribution is 2.20. The third kappa shape index (κ3) is 5.58. The average Bonchev–Trinajstić information content (AvgIpc) is 3.30. The van der Waals surface area contributed by atoms with Crippen LogP contribution in [0.5, 0.6) is 0 Å². The summed E-state index contributed by atoms with van der Waals surface area (Å²) in [6.07, 6.45) is 5.87. The molecule has 0 bridgehead atoms. The SMILES string of the molecule is O=C(CSc1ncc(CO)n1CC(=O)NC1CCCC1)Nc1ccccc1. The lowest BCUT2D eigenvalue weighted by Crippen LogP contribution is -2.35. The van der Waals surface area contributed by atoms with Crippen molar-refractivity contribution < 1.29 is 14.7 Å². The Morgan fingerprint density at radius 3 is 2.63 bits per heavy atom. The molecule has 2 amide bonds. The lowest BCUT2D eigenvalue weighted by atomic mass is 10.2. The van der Waals surface area contributed by atoms with E-state index in [1.165, 1.54) is 11.8 Å². The number of hydrogen-bond acceptors (Lipinski definition) is 5. The minimum Gasteiger partial charge on any atom is -0.390 e. The Bertz CT molecular complexity index is 773. The van der Waals surface area contributed by atoms with Crippen molar-refractivity contribution in [2.24, 2.45) is 0 Å². The van der Waals surface area contributed by atoms with Crippen molar-refractivity contribution in [3.8, 4) is 0 Å². The highest BCUT2D eigenvalue weighted by Gasteiger charge is 2.19. The molecule has 0 saturated heterocycles. The summed E-state index contributed by atoms with van der Waals surface area (Å²) in [5.74, 6) is -0.0759. The van der Waals surface area contributed by atoms with E-state index in [-0.39, 0.29) is 36.8 Å². The van der Waals surface area contributed by atoms with Gasteiger partial charge in [0.05, 0.1) is 24.3 Å². The molecule has 2 aromatic rings. The number of aliphatic hydroxyl groups excluding tert-OH is 1. The summed E-state index contributed by atoms with van der Waals surface area (Å²) in [4.78, 5) is 28.7. The van der Waals surface area contributed by atoms with Gasteiger partial charge in [-0.3, -0.25) is 9.59 Å². The summed E-state index contributed by atoms with van der Waals surface area (Å²) in [5.41, 5.74) is 1.29. The first-order valence-electron chi connectivity index (χ1n) is 9.08. The van der Waals surface area contributed by atoms with Gasteiger partial charge in [-0.05, 0) is 25.0 Å². The number of aromatic nitrogens is 2. The van der Waals surface area contributed by atoms with Crippen LogP contribution in [0.15, 0.2) is 41.7 Å². The summed E-state index contributed by atoms with van der Waals surface area (Å²) in [6, 6.07) is 9.47. The van der Waals surface area contributed by atoms with Crippen LogP contribution in [0.3, 0.4) is 0 Å². The molecule has 1 aliphatic rings. The first-order chi connectivity index (χ1) is 13.2. The second kappa shape index (κ2) is 9.57. The Morgan fingerprint density at radius 1 is 1.19 bits per heavy atom. The van der Waals surface area contributed by atoms with Crippen LogP contribution in [-0.4, -0.2) is 38.3 Å². The molecule has 0 aliphatic heterocycles. The highest BCUT2D eigenvalue weighted by molar-refractivity contribution is 7.99. The number of aliphatic hydroxyl groups is 1. The van der Waals surface area contributed by atoms with Crippen LogP contribution in [0, 0.1) is 0 Å². The molecule has 8 heteroatoms. The summed E-state index contributed by atoms with van der Waals surface area (Å²) < 4.78 is 1.67. The molecule has 0 unspecified atom stereocenters. The molecule has 3 N–H and O–H groups in total. The van der Waals surface area contributed by atoms with Gasteiger partial charge in [0.15, 0.2) is 5.16 Å². The molecule has 144 valence electrons. The highest BCUT2D eigenvalue weighted by atomic mass is 32.2. The third-order valence-electron chi connectivity index (χ3n) is 4.48. The van der Waals surface area contributed by atoms with E-state index in [2.05, 4.69) is 15.6 Å². The largest absolute Gasteiger partial charge is 0.390 e. The summed E-state index contributed by atoms with van der Waals surface area (Å²) in [7, 11) is 0. The fraction of sp³-hybridized carbons (Fsp3) is 0.421. The van der Waals surface area contributed by atoms with Gasteiger partial charge in [-0.25, -0.2) is 4.98 Å². The van der Waals surface area contributed by atoms with Gasteiger partial charge in [0, 0.05) is 11.7 Å². The van der Waals surface area contributed by atoms with Crippen molar-refractivity contribution in [2.45, 2.75) is 50.0 Å². The zero-order chi connectivity index (χ0) is 19.1. The van der Waals surface area contributed by atoms with Crippen molar-refractivity contribution in [3.05, 3.63) is 42.2 Å². The van der Waals surface area contributed by atoms with Crippen molar-refractivity contribution in [1.29, 1.82) is 0 Å². The smallest absolute Gasteiger partial charge is 0.240 e. The zero-order valence-corrected chi connectivity index (χ0v) is 15.9. The zero-order valence-electron chi connectivity index (χ0n) is 15.1. The minimum absolute atomic E-state index is 0.0923. The Kier molecular flexibility index (Phi) is 6.89. The second-order valence-electron chi connectivity index (χ2n) is 6.53. The Balaban J connectivity index is 1.57. The number of carbonyl (C=O) groups excluding carboxylic acids is 2. The van der Waals surface area contributed by atoms with E-state index in [0.717, 1.165) is 31.4 Å². The predicted octanol–water partition coefficient (Wildman–Crippen LogP) is 2.16. The van der Waals surface area contributed by atoms with Gasteiger partial charge in [0.2, 0.25) is 11.8 Å². The first kappa shape index (κ1) is 19.4. The van der Waals surface area contributed by atoms with Crippen LogP contribution in [0.4, 0.5) is 5.69 Å². The maximum Gasteiger partial charge on any atom is 0.240 e. The number of thioether (sulfide) groups is 1. The lowest BCUT2D eigenvalue weighted by Gasteiger charge is -2.14. The van der Waals surface area contributed by atoms with E-state index >= 15 is 0 Å². The number of anilines is 1. The standard InChI is InChI=1S/C19H24N4O3S/c24-12-16-10-20-19(23(16)11-17(25)21-14-8-4-5-9-14)27-13-18(26)22-15-6-2-1-3-7-15/h1-3,6-7,10,14,24H,4-5,8-9,11-13H2,(H,21,25)(H,22,26). The molecule has 1 heterocycles. The monoisotopic (exact) mass is 388 g/mol. The minimum atomic E-state index is -0.208. The van der Waals surface area contributed by atoms with Gasteiger partial charge in [-0.2, -0.15) is 0 Å². The Morgan fingerprint density at radius 2 is 1.93 bits per heavy atom. The molecule has 0 spiro atoms. The predicted molar refractivity (Wildman–Crippen MR) is 104 cm³/mol. The van der Waals surface area contributed by atoms with Crippen LogP contribution in [0.2, 0.25) is 0 Å². The third-order valence-corrected chi connectivity index (χ3v) is 5.47. The summed E-state index contributed by atoms with van der Waals surface area (Å²) in [6.45, 7) is -0.116. The fourth-order valence-electron chi connectivity index (χ4n) is 3.14. The number of nitrogens with one attached hydrogen (secondary N) is 2. The fourth-order valence-corrected chi connectivity index (χ4v) is 3.94. The van der Waals surface area contributed by atoms with E-state index in [1.54, 1.807) is 10.8 Å². The van der Waals surface area contributed by atoms with E-state index < -0.39 is 0 Å². The molecular weight excluding hydrogens is 364 g/mol. The number of carbonyl (C=O) groups is 2. The maximum atomic E-state index is 12.3. The van der Waals surface area contributed by atoms with Gasteiger partial charge in [0.25, 0.3) is 0 Å². The van der Waals surface area contributed by atoms with E-state index in [0.29, 0.717) is 10.9 Å². The van der Waals surface area contributed by atoms with Gasteiger partial charge >= 0.3 is 0 Å². The van der Waals surface area contributed by atoms with Crippen LogP contribution >= 0.6 is 11.8 Å². The number of benzene rings is 1. The number of nitrogens with zero attached hydrogens (tertiary/aromatic N) is 2. The van der Waals surface area contributed by atoms with Gasteiger partial charge in [-0.1, -0.05) is 42.8 Å². The lowest BCUT2D eigenvalue weighted by molar-refractivity contribution is -0.122. The number of amides is 2. The maximum absolute atomic E-state index is 12.3. The molecule has 1 aromatic heterocycles. The second-order valence-corrected chi connectivity index (χ2v) is 7.47. The van der Waals surface area contributed by atoms with Crippen LogP contribution in [-0.2, 0) is 22.7 Å². The van der Waals surface area contributed by atoms with Crippen molar-refractivity contribution in [1.82, 2.24) is 14.9 Å². The first-order valence-corrected chi connectivity index (χ1v) is 10.1. The van der Waals surface area contributed by atoms with Gasteiger partial charge < -0.3 is 20.3 Å². The van der Waals surface area contributed by atoms with Crippen LogP contribution in [0.1, 0.15) is 31.4 Å². The Labute approximate surface area is 162 Å². The van der Waals surface area contributed by atoms with Crippen molar-refractivity contribution in [2.75, 3.05) is 11.1 Å². The molecule has 7 nitrogen and oxygen atoms in total. The molecular formula is C19H24N4O3S. The molecule has 1 aliphatic carbocycles. The number of rotatable bonds is 8. The number of imidazole rings is 1. The van der Waals surface area contributed by atoms with E-state index in [4.69, 9.17) is 0 Å². The molecule has 0 atom stereocenters. The molecule has 1 aromatic carbocycles. The normalized spacial score (nSPS) is 14.3. The molecule has 27 heavy (non-hydrogen) atoms.